The molecule has 0 saturated heterocycles. The highest BCUT2D eigenvalue weighted by molar-refractivity contribution is 6.30. The SMILES string of the molecule is Cc1cc(Cl)ccc1/C=C(\c1ccc(/C=C/C(=O)O)cc1)c1ccc2n[nH]c(C3CC3)c2c1. The summed E-state index contributed by atoms with van der Waals surface area (Å²) in [7, 11) is 0. The Morgan fingerprint density at radius 2 is 1.82 bits per heavy atom. The number of aromatic amines is 1. The molecule has 5 rings (SSSR count). The van der Waals surface area contributed by atoms with Crippen molar-refractivity contribution < 1.29 is 9.90 Å². The Balaban J connectivity index is 1.63. The molecule has 5 heteroatoms. The Morgan fingerprint density at radius 1 is 1.06 bits per heavy atom. The summed E-state index contributed by atoms with van der Waals surface area (Å²) in [5, 5.41) is 18.5. The lowest BCUT2D eigenvalue weighted by Crippen LogP contribution is -1.91. The van der Waals surface area contributed by atoms with Gasteiger partial charge in [-0.15, -0.1) is 0 Å². The van der Waals surface area contributed by atoms with Gasteiger partial charge in [0.05, 0.1) is 5.52 Å². The molecular formula is C28H23ClN2O2. The molecule has 2 N–H and O–H groups in total. The fourth-order valence-corrected chi connectivity index (χ4v) is 4.34. The Morgan fingerprint density at radius 3 is 2.52 bits per heavy atom. The summed E-state index contributed by atoms with van der Waals surface area (Å²) in [6.45, 7) is 2.06. The fraction of sp³-hybridized carbons (Fsp3) is 0.143. The van der Waals surface area contributed by atoms with Gasteiger partial charge in [0, 0.05) is 28.1 Å². The quantitative estimate of drug-likeness (QED) is 0.241. The Bertz CT molecular complexity index is 1410. The van der Waals surface area contributed by atoms with Crippen LogP contribution in [0, 0.1) is 6.92 Å². The number of H-pyrrole nitrogens is 1. The van der Waals surface area contributed by atoms with E-state index in [0.29, 0.717) is 5.92 Å². The molecule has 164 valence electrons. The minimum atomic E-state index is -0.960. The Kier molecular flexibility index (Phi) is 5.61. The molecular weight excluding hydrogens is 432 g/mol. The predicted octanol–water partition coefficient (Wildman–Crippen LogP) is 7.09. The van der Waals surface area contributed by atoms with Gasteiger partial charge in [-0.2, -0.15) is 5.10 Å². The predicted molar refractivity (Wildman–Crippen MR) is 134 cm³/mol. The molecule has 3 aromatic carbocycles. The summed E-state index contributed by atoms with van der Waals surface area (Å²) in [4.78, 5) is 10.8. The van der Waals surface area contributed by atoms with Crippen molar-refractivity contribution in [2.75, 3.05) is 0 Å². The van der Waals surface area contributed by atoms with E-state index in [1.807, 2.05) is 42.5 Å². The number of benzene rings is 3. The van der Waals surface area contributed by atoms with Crippen LogP contribution in [0.1, 0.15) is 52.3 Å². The number of aryl methyl sites for hydroxylation is 1. The highest BCUT2D eigenvalue weighted by Crippen LogP contribution is 2.42. The van der Waals surface area contributed by atoms with Crippen LogP contribution in [0.25, 0.3) is 28.6 Å². The molecule has 1 saturated carbocycles. The average Bonchev–Trinajstić information content (AvgIpc) is 3.56. The molecule has 0 amide bonds. The molecule has 4 nitrogen and oxygen atoms in total. The molecule has 1 heterocycles. The third-order valence-corrected chi connectivity index (χ3v) is 6.29. The first-order valence-corrected chi connectivity index (χ1v) is 11.3. The second kappa shape index (κ2) is 8.72. The van der Waals surface area contributed by atoms with Crippen LogP contribution in [0.4, 0.5) is 0 Å². The average molecular weight is 455 g/mol. The van der Waals surface area contributed by atoms with Gasteiger partial charge in [-0.25, -0.2) is 4.79 Å². The second-order valence-electron chi connectivity index (χ2n) is 8.50. The first kappa shape index (κ1) is 21.2. The summed E-state index contributed by atoms with van der Waals surface area (Å²) in [5.74, 6) is -0.380. The van der Waals surface area contributed by atoms with Crippen LogP contribution in [0.15, 0.2) is 66.7 Å². The highest BCUT2D eigenvalue weighted by atomic mass is 35.5. The maximum Gasteiger partial charge on any atom is 0.328 e. The maximum atomic E-state index is 10.8. The number of aromatic nitrogens is 2. The van der Waals surface area contributed by atoms with Crippen LogP contribution in [0.5, 0.6) is 0 Å². The van der Waals surface area contributed by atoms with Gasteiger partial charge in [-0.3, -0.25) is 5.10 Å². The van der Waals surface area contributed by atoms with E-state index in [1.54, 1.807) is 6.08 Å². The lowest BCUT2D eigenvalue weighted by Gasteiger charge is -2.12. The number of carboxylic acids is 1. The molecule has 0 radical (unpaired) electrons. The number of halogens is 1. The monoisotopic (exact) mass is 454 g/mol. The van der Waals surface area contributed by atoms with E-state index in [9.17, 15) is 4.79 Å². The van der Waals surface area contributed by atoms with E-state index >= 15 is 0 Å². The summed E-state index contributed by atoms with van der Waals surface area (Å²) in [5.41, 5.74) is 8.48. The molecule has 1 aliphatic rings. The van der Waals surface area contributed by atoms with Gasteiger partial charge in [0.15, 0.2) is 0 Å². The molecule has 0 atom stereocenters. The third kappa shape index (κ3) is 4.62. The molecule has 33 heavy (non-hydrogen) atoms. The van der Waals surface area contributed by atoms with Crippen LogP contribution < -0.4 is 0 Å². The minimum absolute atomic E-state index is 0.580. The minimum Gasteiger partial charge on any atom is -0.478 e. The second-order valence-corrected chi connectivity index (χ2v) is 8.93. The van der Waals surface area contributed by atoms with Gasteiger partial charge in [0.1, 0.15) is 0 Å². The lowest BCUT2D eigenvalue weighted by molar-refractivity contribution is -0.131. The zero-order chi connectivity index (χ0) is 22.9. The highest BCUT2D eigenvalue weighted by Gasteiger charge is 2.27. The van der Waals surface area contributed by atoms with Crippen molar-refractivity contribution in [1.82, 2.24) is 10.2 Å². The first-order chi connectivity index (χ1) is 16.0. The molecule has 0 unspecified atom stereocenters. The summed E-state index contributed by atoms with van der Waals surface area (Å²) in [6.07, 6.45) is 7.35. The number of hydrogen-bond acceptors (Lipinski definition) is 2. The topological polar surface area (TPSA) is 66.0 Å². The Labute approximate surface area is 197 Å². The van der Waals surface area contributed by atoms with E-state index in [4.69, 9.17) is 16.7 Å². The van der Waals surface area contributed by atoms with E-state index in [1.165, 1.54) is 23.9 Å². The number of rotatable bonds is 6. The summed E-state index contributed by atoms with van der Waals surface area (Å²) >= 11 is 6.18. The van der Waals surface area contributed by atoms with E-state index < -0.39 is 5.97 Å². The summed E-state index contributed by atoms with van der Waals surface area (Å²) in [6, 6.07) is 20.2. The van der Waals surface area contributed by atoms with Crippen LogP contribution in [-0.2, 0) is 4.79 Å². The lowest BCUT2D eigenvalue weighted by atomic mass is 9.92. The number of nitrogens with one attached hydrogen (secondary N) is 1. The van der Waals surface area contributed by atoms with Crippen LogP contribution in [0.2, 0.25) is 5.02 Å². The molecule has 0 bridgehead atoms. The van der Waals surface area contributed by atoms with Gasteiger partial charge >= 0.3 is 5.97 Å². The summed E-state index contributed by atoms with van der Waals surface area (Å²) < 4.78 is 0. The zero-order valence-electron chi connectivity index (χ0n) is 18.2. The van der Waals surface area contributed by atoms with E-state index in [-0.39, 0.29) is 0 Å². The van der Waals surface area contributed by atoms with E-state index in [0.717, 1.165) is 50.0 Å². The van der Waals surface area contributed by atoms with Gasteiger partial charge in [0.2, 0.25) is 0 Å². The van der Waals surface area contributed by atoms with Crippen LogP contribution >= 0.6 is 11.6 Å². The van der Waals surface area contributed by atoms with Gasteiger partial charge in [-0.05, 0) is 89.6 Å². The van der Waals surface area contributed by atoms with Gasteiger partial charge in [0.25, 0.3) is 0 Å². The van der Waals surface area contributed by atoms with Crippen molar-refractivity contribution in [3.63, 3.8) is 0 Å². The number of aliphatic carboxylic acids is 1. The number of hydrogen-bond donors (Lipinski definition) is 2. The number of nitrogens with zero attached hydrogens (tertiary/aromatic N) is 1. The van der Waals surface area contributed by atoms with Crippen molar-refractivity contribution in [2.45, 2.75) is 25.7 Å². The molecule has 4 aromatic rings. The van der Waals surface area contributed by atoms with Crippen molar-refractivity contribution in [2.24, 2.45) is 0 Å². The maximum absolute atomic E-state index is 10.8. The van der Waals surface area contributed by atoms with E-state index in [2.05, 4.69) is 41.4 Å². The number of carbonyl (C=O) groups is 1. The van der Waals surface area contributed by atoms with Crippen molar-refractivity contribution in [3.8, 4) is 0 Å². The van der Waals surface area contributed by atoms with Crippen molar-refractivity contribution >= 4 is 46.2 Å². The standard InChI is InChI=1S/C28H23ClN2O2/c1-17-14-23(29)11-9-21(17)15-24(19-5-2-18(3-6-19)4-13-27(32)33)22-10-12-26-25(16-22)28(31-30-26)20-7-8-20/h2-6,9-16,20H,7-8H2,1H3,(H,30,31)(H,32,33)/b13-4+,24-15+. The molecule has 0 spiro atoms. The Hall–Kier alpha value is -3.63. The molecule has 1 fully saturated rings. The normalized spacial score (nSPS) is 14.3. The molecule has 1 aromatic heterocycles. The third-order valence-electron chi connectivity index (χ3n) is 6.05. The van der Waals surface area contributed by atoms with Gasteiger partial charge in [-0.1, -0.05) is 48.0 Å². The van der Waals surface area contributed by atoms with Gasteiger partial charge < -0.3 is 5.11 Å². The van der Waals surface area contributed by atoms with Crippen LogP contribution in [0.3, 0.4) is 0 Å². The zero-order valence-corrected chi connectivity index (χ0v) is 18.9. The van der Waals surface area contributed by atoms with Crippen LogP contribution in [-0.4, -0.2) is 21.3 Å². The number of carboxylic acid groups (broad SMARTS) is 1. The largest absolute Gasteiger partial charge is 0.478 e. The first-order valence-electron chi connectivity index (χ1n) is 11.0. The van der Waals surface area contributed by atoms with Crippen molar-refractivity contribution in [3.05, 3.63) is 105 Å². The molecule has 0 aliphatic heterocycles. The smallest absolute Gasteiger partial charge is 0.328 e. The molecule has 1 aliphatic carbocycles. The fourth-order valence-electron chi connectivity index (χ4n) is 4.11. The van der Waals surface area contributed by atoms with Crippen molar-refractivity contribution in [1.29, 1.82) is 0 Å². The number of fused-ring (bicyclic) bond motifs is 1.